The zero-order valence-electron chi connectivity index (χ0n) is 5.60. The molecule has 0 saturated heterocycles. The maximum Gasteiger partial charge on any atom is 0.328 e. The van der Waals surface area contributed by atoms with E-state index in [2.05, 4.69) is 0 Å². The lowest BCUT2D eigenvalue weighted by Gasteiger charge is -1.97. The van der Waals surface area contributed by atoms with Gasteiger partial charge in [-0.1, -0.05) is 0 Å². The van der Waals surface area contributed by atoms with Crippen LogP contribution in [0.15, 0.2) is 12.2 Å². The fourth-order valence-electron chi connectivity index (χ4n) is 0.440. The third-order valence-corrected chi connectivity index (χ3v) is 0.845. The average molecular weight is 160 g/mol. The first kappa shape index (κ1) is 9.64. The normalized spacial score (nSPS) is 13.2. The van der Waals surface area contributed by atoms with E-state index in [1.807, 2.05) is 0 Å². The average Bonchev–Trinajstić information content (AvgIpc) is 1.82. The monoisotopic (exact) mass is 160 g/mol. The van der Waals surface area contributed by atoms with E-state index in [-0.39, 0.29) is 0 Å². The van der Waals surface area contributed by atoms with Crippen molar-refractivity contribution < 1.29 is 24.9 Å². The van der Waals surface area contributed by atoms with Gasteiger partial charge in [0, 0.05) is 6.08 Å². The summed E-state index contributed by atoms with van der Waals surface area (Å²) < 4.78 is 0. The highest BCUT2D eigenvalue weighted by Gasteiger charge is 2.04. The molecule has 0 amide bonds. The topological polar surface area (TPSA) is 94.8 Å². The summed E-state index contributed by atoms with van der Waals surface area (Å²) in [5.74, 6) is -2.39. The molecular formula is C6H8O5. The van der Waals surface area contributed by atoms with E-state index in [1.165, 1.54) is 0 Å². The van der Waals surface area contributed by atoms with Crippen LogP contribution >= 0.6 is 0 Å². The highest BCUT2D eigenvalue weighted by molar-refractivity contribution is 5.80. The van der Waals surface area contributed by atoms with Gasteiger partial charge in [-0.2, -0.15) is 0 Å². The van der Waals surface area contributed by atoms with Crippen molar-refractivity contribution in [1.29, 1.82) is 0 Å². The summed E-state index contributed by atoms with van der Waals surface area (Å²) >= 11 is 0. The molecule has 0 aliphatic carbocycles. The van der Waals surface area contributed by atoms with Crippen molar-refractivity contribution in [2.24, 2.45) is 0 Å². The molecule has 0 aliphatic heterocycles. The lowest BCUT2D eigenvalue weighted by atomic mass is 10.2. The summed E-state index contributed by atoms with van der Waals surface area (Å²) in [4.78, 5) is 19.8. The molecule has 0 fully saturated rings. The zero-order valence-corrected chi connectivity index (χ0v) is 5.60. The second-order valence-electron chi connectivity index (χ2n) is 1.86. The Morgan fingerprint density at radius 3 is 2.27 bits per heavy atom. The number of carboxylic acid groups (broad SMARTS) is 2. The third kappa shape index (κ3) is 6.53. The molecule has 5 nitrogen and oxygen atoms in total. The van der Waals surface area contributed by atoms with Gasteiger partial charge in [0.15, 0.2) is 0 Å². The molecule has 11 heavy (non-hydrogen) atoms. The smallest absolute Gasteiger partial charge is 0.328 e. The molecule has 3 N–H and O–H groups in total. The lowest BCUT2D eigenvalue weighted by Crippen LogP contribution is -2.10. The van der Waals surface area contributed by atoms with Crippen molar-refractivity contribution in [3.8, 4) is 0 Å². The molecule has 0 radical (unpaired) electrons. The van der Waals surface area contributed by atoms with Crippen molar-refractivity contribution in [2.75, 3.05) is 0 Å². The van der Waals surface area contributed by atoms with Gasteiger partial charge in [-0.25, -0.2) is 4.79 Å². The van der Waals surface area contributed by atoms with Gasteiger partial charge in [0.25, 0.3) is 0 Å². The van der Waals surface area contributed by atoms with Crippen LogP contribution in [0, 0.1) is 0 Å². The Morgan fingerprint density at radius 2 is 1.91 bits per heavy atom. The maximum absolute atomic E-state index is 9.91. The van der Waals surface area contributed by atoms with Crippen molar-refractivity contribution in [3.63, 3.8) is 0 Å². The second kappa shape index (κ2) is 4.45. The fourth-order valence-corrected chi connectivity index (χ4v) is 0.440. The van der Waals surface area contributed by atoms with Crippen LogP contribution in [-0.4, -0.2) is 33.4 Å². The fraction of sp³-hybridized carbons (Fsp3) is 0.333. The molecule has 0 heterocycles. The minimum Gasteiger partial charge on any atom is -0.481 e. The molecule has 0 rings (SSSR count). The van der Waals surface area contributed by atoms with Crippen LogP contribution in [-0.2, 0) is 9.59 Å². The van der Waals surface area contributed by atoms with Gasteiger partial charge in [0.2, 0.25) is 0 Å². The molecule has 1 atom stereocenters. The van der Waals surface area contributed by atoms with E-state index < -0.39 is 24.5 Å². The minimum absolute atomic E-state index is 0.482. The van der Waals surface area contributed by atoms with E-state index in [1.54, 1.807) is 0 Å². The maximum atomic E-state index is 9.91. The molecule has 0 aromatic rings. The standard InChI is InChI=1S/C6H8O5/c7-4(3-6(10)11)1-2-5(8)9/h1-2,4,7H,3H2,(H,8,9)(H,10,11)/b2-1-. The van der Waals surface area contributed by atoms with Crippen LogP contribution in [0.5, 0.6) is 0 Å². The van der Waals surface area contributed by atoms with Gasteiger partial charge in [0.1, 0.15) is 0 Å². The molecule has 5 heteroatoms. The predicted molar refractivity (Wildman–Crippen MR) is 35.0 cm³/mol. The molecule has 0 saturated carbocycles. The molecule has 0 aromatic carbocycles. The first-order valence-electron chi connectivity index (χ1n) is 2.83. The van der Waals surface area contributed by atoms with Crippen LogP contribution in [0.4, 0.5) is 0 Å². The van der Waals surface area contributed by atoms with Gasteiger partial charge in [0.05, 0.1) is 12.5 Å². The summed E-state index contributed by atoms with van der Waals surface area (Å²) in [6.07, 6.45) is -0.100. The van der Waals surface area contributed by atoms with Crippen molar-refractivity contribution in [2.45, 2.75) is 12.5 Å². The highest BCUT2D eigenvalue weighted by atomic mass is 16.4. The number of carboxylic acids is 2. The Labute approximate surface area is 62.6 Å². The second-order valence-corrected chi connectivity index (χ2v) is 1.86. The van der Waals surface area contributed by atoms with Gasteiger partial charge < -0.3 is 15.3 Å². The largest absolute Gasteiger partial charge is 0.481 e. The molecule has 0 aliphatic rings. The van der Waals surface area contributed by atoms with E-state index >= 15 is 0 Å². The number of aliphatic carboxylic acids is 2. The van der Waals surface area contributed by atoms with Crippen molar-refractivity contribution in [3.05, 3.63) is 12.2 Å². The quantitative estimate of drug-likeness (QED) is 0.480. The van der Waals surface area contributed by atoms with Gasteiger partial charge in [-0.05, 0) is 6.08 Å². The summed E-state index contributed by atoms with van der Waals surface area (Å²) in [7, 11) is 0. The van der Waals surface area contributed by atoms with E-state index in [4.69, 9.17) is 15.3 Å². The first-order chi connectivity index (χ1) is 5.02. The van der Waals surface area contributed by atoms with Gasteiger partial charge >= 0.3 is 11.9 Å². The van der Waals surface area contributed by atoms with Crippen molar-refractivity contribution in [1.82, 2.24) is 0 Å². The van der Waals surface area contributed by atoms with E-state index in [0.717, 1.165) is 6.08 Å². The highest BCUT2D eigenvalue weighted by Crippen LogP contribution is 1.92. The Hall–Kier alpha value is -1.36. The van der Waals surface area contributed by atoms with Gasteiger partial charge in [-0.15, -0.1) is 0 Å². The number of hydrogen-bond acceptors (Lipinski definition) is 3. The Bertz CT molecular complexity index is 183. The molecule has 1 unspecified atom stereocenters. The van der Waals surface area contributed by atoms with Crippen LogP contribution < -0.4 is 0 Å². The van der Waals surface area contributed by atoms with Crippen LogP contribution in [0.3, 0.4) is 0 Å². The Kier molecular flexibility index (Phi) is 3.90. The van der Waals surface area contributed by atoms with Crippen LogP contribution in [0.25, 0.3) is 0 Å². The Morgan fingerprint density at radius 1 is 1.36 bits per heavy atom. The van der Waals surface area contributed by atoms with Crippen LogP contribution in [0.2, 0.25) is 0 Å². The molecule has 0 aromatic heterocycles. The summed E-state index contributed by atoms with van der Waals surface area (Å²) in [5, 5.41) is 24.9. The Balaban J connectivity index is 3.77. The van der Waals surface area contributed by atoms with E-state index in [0.29, 0.717) is 6.08 Å². The third-order valence-electron chi connectivity index (χ3n) is 0.845. The number of carbonyl (C=O) groups is 2. The number of aliphatic hydroxyl groups is 1. The molecule has 0 spiro atoms. The number of aliphatic hydroxyl groups excluding tert-OH is 1. The molecule has 62 valence electrons. The minimum atomic E-state index is -1.23. The number of hydrogen-bond donors (Lipinski definition) is 3. The zero-order chi connectivity index (χ0) is 8.85. The van der Waals surface area contributed by atoms with Crippen LogP contribution in [0.1, 0.15) is 6.42 Å². The summed E-state index contributed by atoms with van der Waals surface area (Å²) in [6.45, 7) is 0. The van der Waals surface area contributed by atoms with E-state index in [9.17, 15) is 9.59 Å². The number of rotatable bonds is 4. The predicted octanol–water partition coefficient (Wildman–Crippen LogP) is -0.537. The van der Waals surface area contributed by atoms with Gasteiger partial charge in [-0.3, -0.25) is 4.79 Å². The summed E-state index contributed by atoms with van der Waals surface area (Å²) in [6, 6.07) is 0. The first-order valence-corrected chi connectivity index (χ1v) is 2.83. The molecule has 0 bridgehead atoms. The SMILES string of the molecule is O=C(O)/C=C\C(O)CC(=O)O. The van der Waals surface area contributed by atoms with Crippen molar-refractivity contribution >= 4 is 11.9 Å². The summed E-state index contributed by atoms with van der Waals surface area (Å²) in [5.41, 5.74) is 0. The molecular weight excluding hydrogens is 152 g/mol. The lowest BCUT2D eigenvalue weighted by molar-refractivity contribution is -0.138.